The summed E-state index contributed by atoms with van der Waals surface area (Å²) in [5.41, 5.74) is 2.71. The van der Waals surface area contributed by atoms with Crippen LogP contribution < -0.4 is 15.4 Å². The lowest BCUT2D eigenvalue weighted by Crippen LogP contribution is -2.21. The Bertz CT molecular complexity index is 867. The van der Waals surface area contributed by atoms with E-state index in [1.807, 2.05) is 42.5 Å². The molecule has 3 aromatic rings. The molecule has 0 atom stereocenters. The summed E-state index contributed by atoms with van der Waals surface area (Å²) in [7, 11) is 0. The zero-order chi connectivity index (χ0) is 18.9. The highest BCUT2D eigenvalue weighted by Crippen LogP contribution is 2.18. The minimum Gasteiger partial charge on any atom is -0.483 e. The molecule has 0 spiro atoms. The van der Waals surface area contributed by atoms with E-state index in [4.69, 9.17) is 4.74 Å². The number of hydrogen-bond acceptors (Lipinski definition) is 3. The maximum atomic E-state index is 12.9. The third kappa shape index (κ3) is 5.94. The molecule has 0 aliphatic carbocycles. The van der Waals surface area contributed by atoms with Crippen molar-refractivity contribution < 1.29 is 13.9 Å². The Morgan fingerprint density at radius 1 is 0.852 bits per heavy atom. The van der Waals surface area contributed by atoms with Crippen molar-refractivity contribution in [2.45, 2.75) is 13.1 Å². The predicted molar refractivity (Wildman–Crippen MR) is 104 cm³/mol. The molecule has 1 amide bonds. The maximum absolute atomic E-state index is 12.9. The van der Waals surface area contributed by atoms with Crippen LogP contribution in [0.15, 0.2) is 78.9 Å². The van der Waals surface area contributed by atoms with Gasteiger partial charge in [-0.1, -0.05) is 48.5 Å². The quantitative estimate of drug-likeness (QED) is 0.632. The Balaban J connectivity index is 1.51. The minimum absolute atomic E-state index is 0.118. The predicted octanol–water partition coefficient (Wildman–Crippen LogP) is 4.13. The van der Waals surface area contributed by atoms with Gasteiger partial charge in [0.15, 0.2) is 6.61 Å². The molecule has 0 radical (unpaired) electrons. The summed E-state index contributed by atoms with van der Waals surface area (Å²) in [5.74, 6) is 0.0159. The summed E-state index contributed by atoms with van der Waals surface area (Å²) in [6, 6.07) is 23.3. The van der Waals surface area contributed by atoms with Crippen molar-refractivity contribution in [3.63, 3.8) is 0 Å². The highest BCUT2D eigenvalue weighted by molar-refractivity contribution is 5.91. The van der Waals surface area contributed by atoms with Crippen LogP contribution in [0.5, 0.6) is 5.75 Å². The smallest absolute Gasteiger partial charge is 0.262 e. The molecule has 0 heterocycles. The number of ether oxygens (including phenoxy) is 1. The summed E-state index contributed by atoms with van der Waals surface area (Å²) < 4.78 is 18.6. The number of carbonyl (C=O) groups excluding carboxylic acids is 1. The van der Waals surface area contributed by atoms with Gasteiger partial charge in [0.25, 0.3) is 5.91 Å². The lowest BCUT2D eigenvalue weighted by Gasteiger charge is -2.12. The van der Waals surface area contributed by atoms with Crippen LogP contribution in [0.4, 0.5) is 10.1 Å². The van der Waals surface area contributed by atoms with Crippen LogP contribution in [-0.4, -0.2) is 12.5 Å². The fourth-order valence-corrected chi connectivity index (χ4v) is 2.60. The lowest BCUT2D eigenvalue weighted by atomic mass is 10.2. The number of amides is 1. The Morgan fingerprint density at radius 2 is 1.56 bits per heavy atom. The Morgan fingerprint density at radius 3 is 2.33 bits per heavy atom. The number of nitrogens with one attached hydrogen (secondary N) is 2. The summed E-state index contributed by atoms with van der Waals surface area (Å²) in [6.07, 6.45) is 0. The van der Waals surface area contributed by atoms with E-state index in [1.165, 1.54) is 29.8 Å². The summed E-state index contributed by atoms with van der Waals surface area (Å²) >= 11 is 0. The molecule has 0 unspecified atom stereocenters. The van der Waals surface area contributed by atoms with Crippen LogP contribution in [0.2, 0.25) is 0 Å². The monoisotopic (exact) mass is 364 g/mol. The molecule has 3 aromatic carbocycles. The zero-order valence-electron chi connectivity index (χ0n) is 14.8. The van der Waals surface area contributed by atoms with E-state index in [0.717, 1.165) is 12.1 Å². The number of benzene rings is 3. The van der Waals surface area contributed by atoms with E-state index in [1.54, 1.807) is 0 Å². The summed E-state index contributed by atoms with van der Waals surface area (Å²) in [5, 5.41) is 6.05. The van der Waals surface area contributed by atoms with Gasteiger partial charge in [-0.25, -0.2) is 4.39 Å². The molecule has 27 heavy (non-hydrogen) atoms. The Hall–Kier alpha value is -3.18. The normalized spacial score (nSPS) is 10.4. The van der Waals surface area contributed by atoms with Gasteiger partial charge < -0.3 is 15.4 Å². The van der Waals surface area contributed by atoms with Crippen LogP contribution in [0.1, 0.15) is 11.1 Å². The van der Waals surface area contributed by atoms with Crippen LogP contribution >= 0.6 is 0 Å². The molecule has 4 nitrogen and oxygen atoms in total. The van der Waals surface area contributed by atoms with Gasteiger partial charge in [-0.3, -0.25) is 4.79 Å². The second-order valence-electron chi connectivity index (χ2n) is 6.04. The molecule has 0 aromatic heterocycles. The molecule has 5 heteroatoms. The highest BCUT2D eigenvalue weighted by Gasteiger charge is 2.07. The number of para-hydroxylation sites is 1. The van der Waals surface area contributed by atoms with Crippen LogP contribution in [0.3, 0.4) is 0 Å². The van der Waals surface area contributed by atoms with Gasteiger partial charge in [0.1, 0.15) is 11.6 Å². The Labute approximate surface area is 158 Å². The largest absolute Gasteiger partial charge is 0.483 e. The molecular formula is C22H21FN2O2. The van der Waals surface area contributed by atoms with Crippen LogP contribution in [0, 0.1) is 5.82 Å². The van der Waals surface area contributed by atoms with Crippen molar-refractivity contribution in [2.24, 2.45) is 0 Å². The highest BCUT2D eigenvalue weighted by atomic mass is 19.1. The second-order valence-corrected chi connectivity index (χ2v) is 6.04. The van der Waals surface area contributed by atoms with E-state index >= 15 is 0 Å². The van der Waals surface area contributed by atoms with Crippen molar-refractivity contribution in [1.29, 1.82) is 0 Å². The molecule has 0 aliphatic rings. The molecule has 138 valence electrons. The van der Waals surface area contributed by atoms with Gasteiger partial charge >= 0.3 is 0 Å². The number of rotatable bonds is 8. The molecule has 0 aliphatic heterocycles. The SMILES string of the molecule is O=C(COc1ccccc1CNCc1ccccc1)Nc1ccc(F)cc1. The van der Waals surface area contributed by atoms with Crippen molar-refractivity contribution >= 4 is 11.6 Å². The van der Waals surface area contributed by atoms with Gasteiger partial charge in [-0.05, 0) is 35.9 Å². The number of hydrogen-bond donors (Lipinski definition) is 2. The van der Waals surface area contributed by atoms with Gasteiger partial charge in [-0.2, -0.15) is 0 Å². The molecule has 0 saturated heterocycles. The number of anilines is 1. The van der Waals surface area contributed by atoms with Gasteiger partial charge in [0, 0.05) is 24.3 Å². The van der Waals surface area contributed by atoms with E-state index in [9.17, 15) is 9.18 Å². The molecule has 0 fully saturated rings. The minimum atomic E-state index is -0.346. The maximum Gasteiger partial charge on any atom is 0.262 e. The fourth-order valence-electron chi connectivity index (χ4n) is 2.60. The third-order valence-electron chi connectivity index (χ3n) is 3.95. The standard InChI is InChI=1S/C22H21FN2O2/c23-19-10-12-20(13-11-19)25-22(26)16-27-21-9-5-4-8-18(21)15-24-14-17-6-2-1-3-7-17/h1-13,24H,14-16H2,(H,25,26). The summed E-state index contributed by atoms with van der Waals surface area (Å²) in [6.45, 7) is 1.26. The van der Waals surface area contributed by atoms with Gasteiger partial charge in [0.2, 0.25) is 0 Å². The second kappa shape index (κ2) is 9.50. The molecule has 0 saturated carbocycles. The van der Waals surface area contributed by atoms with E-state index in [0.29, 0.717) is 18.0 Å². The third-order valence-corrected chi connectivity index (χ3v) is 3.95. The van der Waals surface area contributed by atoms with E-state index in [-0.39, 0.29) is 18.3 Å². The van der Waals surface area contributed by atoms with Crippen LogP contribution in [0.25, 0.3) is 0 Å². The van der Waals surface area contributed by atoms with E-state index < -0.39 is 0 Å². The first-order valence-corrected chi connectivity index (χ1v) is 8.71. The molecule has 3 rings (SSSR count). The molecular weight excluding hydrogens is 343 g/mol. The average molecular weight is 364 g/mol. The van der Waals surface area contributed by atoms with Crippen LogP contribution in [-0.2, 0) is 17.9 Å². The Kier molecular flexibility index (Phi) is 6.55. The first-order chi connectivity index (χ1) is 13.2. The number of carbonyl (C=O) groups is 1. The topological polar surface area (TPSA) is 50.4 Å². The molecule has 2 N–H and O–H groups in total. The van der Waals surface area contributed by atoms with Crippen molar-refractivity contribution in [2.75, 3.05) is 11.9 Å². The van der Waals surface area contributed by atoms with E-state index in [2.05, 4.69) is 22.8 Å². The lowest BCUT2D eigenvalue weighted by molar-refractivity contribution is -0.118. The first kappa shape index (κ1) is 18.6. The summed E-state index contributed by atoms with van der Waals surface area (Å²) in [4.78, 5) is 12.0. The van der Waals surface area contributed by atoms with Crippen molar-refractivity contribution in [3.8, 4) is 5.75 Å². The average Bonchev–Trinajstić information content (AvgIpc) is 2.70. The first-order valence-electron chi connectivity index (χ1n) is 8.71. The number of halogens is 1. The van der Waals surface area contributed by atoms with Crippen molar-refractivity contribution in [1.82, 2.24) is 5.32 Å². The molecule has 0 bridgehead atoms. The fraction of sp³-hybridized carbons (Fsp3) is 0.136. The van der Waals surface area contributed by atoms with Gasteiger partial charge in [-0.15, -0.1) is 0 Å². The van der Waals surface area contributed by atoms with Crippen molar-refractivity contribution in [3.05, 3.63) is 95.8 Å². The zero-order valence-corrected chi connectivity index (χ0v) is 14.8. The van der Waals surface area contributed by atoms with Gasteiger partial charge in [0.05, 0.1) is 0 Å².